The summed E-state index contributed by atoms with van der Waals surface area (Å²) >= 11 is 0. The molecule has 0 aromatic carbocycles. The van der Waals surface area contributed by atoms with Gasteiger partial charge >= 0.3 is 0 Å². The van der Waals surface area contributed by atoms with Crippen molar-refractivity contribution in [2.24, 2.45) is 0 Å². The summed E-state index contributed by atoms with van der Waals surface area (Å²) in [5, 5.41) is 10.3. The van der Waals surface area contributed by atoms with E-state index in [0.717, 1.165) is 6.33 Å². The van der Waals surface area contributed by atoms with Crippen LogP contribution in [0.5, 0.6) is 0 Å². The van der Waals surface area contributed by atoms with Crippen LogP contribution in [0.25, 0.3) is 11.2 Å². The Morgan fingerprint density at radius 1 is 1.13 bits per heavy atom. The molecule has 163 valence electrons. The Hall–Kier alpha value is -0.320. The molecule has 3 rings (SSSR count). The van der Waals surface area contributed by atoms with Crippen molar-refractivity contribution in [3.63, 3.8) is 0 Å². The quantitative estimate of drug-likeness (QED) is 0.274. The number of hydrogen-bond acceptors (Lipinski definition) is 16. The maximum absolute atomic E-state index is 11.7. The summed E-state index contributed by atoms with van der Waals surface area (Å²) in [5.74, 6) is 0.0340. The summed E-state index contributed by atoms with van der Waals surface area (Å²) in [6, 6.07) is 0. The smallest absolute Gasteiger partial charge is 0.278 e. The van der Waals surface area contributed by atoms with Crippen molar-refractivity contribution in [1.82, 2.24) is 19.5 Å². The fourth-order valence-corrected chi connectivity index (χ4v) is 5.43. The van der Waals surface area contributed by atoms with Crippen molar-refractivity contribution in [1.29, 1.82) is 0 Å². The number of ether oxygens (including phenoxy) is 1. The fraction of sp³-hybridized carbons (Fsp3) is 0.444. The van der Waals surface area contributed by atoms with Crippen LogP contribution in [0.4, 0.5) is 5.82 Å². The van der Waals surface area contributed by atoms with Crippen LogP contribution < -0.4 is 25.3 Å². The third-order valence-corrected chi connectivity index (χ3v) is 7.16. The van der Waals surface area contributed by atoms with Gasteiger partial charge in [-0.1, -0.05) is 0 Å². The van der Waals surface area contributed by atoms with E-state index in [4.69, 9.17) is 10.5 Å². The number of phosphoric acid groups is 3. The van der Waals surface area contributed by atoms with Gasteiger partial charge in [0.25, 0.3) is 15.6 Å². The average molecular weight is 496 g/mol. The topological polar surface area (TPSA) is 270 Å². The molecular weight excluding hydrogens is 486 g/mol. The number of hydrogen-bond donors (Lipinski definition) is 2. The predicted octanol–water partition coefficient (Wildman–Crippen LogP) is -3.90. The zero-order valence-corrected chi connectivity index (χ0v) is 19.4. The van der Waals surface area contributed by atoms with E-state index >= 15 is 0 Å². The van der Waals surface area contributed by atoms with Crippen LogP contribution in [-0.2, 0) is 31.6 Å². The number of nitrogens with zero attached hydrogens (tertiary/aromatic N) is 4. The zero-order chi connectivity index (χ0) is 21.6. The number of aliphatic hydroxyl groups excluding tert-OH is 1. The minimum Gasteiger partial charge on any atom is -0.790 e. The van der Waals surface area contributed by atoms with Gasteiger partial charge in [0.2, 0.25) is 0 Å². The number of rotatable bonds is 7. The van der Waals surface area contributed by atoms with Crippen molar-refractivity contribution >= 4 is 70.0 Å². The van der Waals surface area contributed by atoms with Gasteiger partial charge in [-0.25, -0.2) is 19.3 Å². The van der Waals surface area contributed by atoms with Crippen LogP contribution in [0.2, 0.25) is 0 Å². The van der Waals surface area contributed by atoms with Gasteiger partial charge in [0.05, 0.1) is 20.8 Å². The number of anilines is 1. The predicted molar refractivity (Wildman–Crippen MR) is 86.3 cm³/mol. The van der Waals surface area contributed by atoms with Crippen molar-refractivity contribution < 1.29 is 56.3 Å². The van der Waals surface area contributed by atoms with Crippen LogP contribution in [0.15, 0.2) is 12.7 Å². The molecule has 0 bridgehead atoms. The van der Waals surface area contributed by atoms with Gasteiger partial charge in [-0.15, -0.1) is 0 Å². The molecule has 1 fully saturated rings. The van der Waals surface area contributed by atoms with Crippen LogP contribution >= 0.6 is 23.5 Å². The van der Waals surface area contributed by atoms with Gasteiger partial charge < -0.3 is 44.2 Å². The van der Waals surface area contributed by atoms with E-state index in [-0.39, 0.29) is 46.5 Å². The van der Waals surface area contributed by atoms with Gasteiger partial charge in [-0.05, 0) is 0 Å². The molecule has 1 saturated heterocycles. The molecule has 3 heterocycles. The molecule has 0 amide bonds. The molecule has 0 aliphatic carbocycles. The molecule has 1 aliphatic heterocycles. The number of phosphoric ester groups is 1. The summed E-state index contributed by atoms with van der Waals surface area (Å²) in [6.07, 6.45) is -2.35. The SMILES string of the molecule is Nc1ncnc2c1ncn2[C@@H]1OC[C@H](OP(=O)([O-])OP(=O)([O-])OP(=O)([O-])[O-])[C@H]1O.[Na]. The molecule has 2 unspecified atom stereocenters. The summed E-state index contributed by atoms with van der Waals surface area (Å²) < 4.78 is 50.5. The largest absolute Gasteiger partial charge is 0.790 e. The first-order chi connectivity index (χ1) is 13.3. The third kappa shape index (κ3) is 6.13. The number of aliphatic hydroxyl groups is 1. The first-order valence-corrected chi connectivity index (χ1v) is 11.6. The monoisotopic (exact) mass is 496 g/mol. The van der Waals surface area contributed by atoms with Crippen molar-refractivity contribution in [3.8, 4) is 0 Å². The molecule has 21 heteroatoms. The Kier molecular flexibility index (Phi) is 8.02. The molecule has 0 saturated carbocycles. The van der Waals surface area contributed by atoms with Crippen molar-refractivity contribution in [3.05, 3.63) is 12.7 Å². The van der Waals surface area contributed by atoms with E-state index in [0.29, 0.717) is 0 Å². The van der Waals surface area contributed by atoms with E-state index in [1.165, 1.54) is 10.9 Å². The minimum absolute atomic E-state index is 0. The molecule has 17 nitrogen and oxygen atoms in total. The van der Waals surface area contributed by atoms with Crippen LogP contribution in [-0.4, -0.2) is 73.0 Å². The Labute approximate surface area is 188 Å². The number of nitrogen functional groups attached to an aromatic ring is 1. The van der Waals surface area contributed by atoms with E-state index in [1.807, 2.05) is 0 Å². The summed E-state index contributed by atoms with van der Waals surface area (Å²) in [6.45, 7) is -0.562. The van der Waals surface area contributed by atoms with E-state index < -0.39 is 48.5 Å². The first-order valence-electron chi connectivity index (χ1n) is 7.26. The second-order valence-corrected chi connectivity index (χ2v) is 9.65. The number of aromatic nitrogens is 4. The van der Waals surface area contributed by atoms with E-state index in [1.54, 1.807) is 0 Å². The molecule has 5 atom stereocenters. The van der Waals surface area contributed by atoms with Crippen molar-refractivity contribution in [2.75, 3.05) is 12.3 Å². The zero-order valence-electron chi connectivity index (χ0n) is 14.7. The summed E-state index contributed by atoms with van der Waals surface area (Å²) in [7, 11) is -18.0. The van der Waals surface area contributed by atoms with Crippen LogP contribution in [0, 0.1) is 0 Å². The Balaban J connectivity index is 0.00000320. The number of nitrogens with two attached hydrogens (primary N) is 1. The standard InChI is InChI=1S/C9H14N5O12P3.Na/c10-7-5-8(12-2-11-7)14(3-13-5)9-6(15)4(1-23-9)24-28(19,20)26-29(21,22)25-27(16,17)18;/h2-4,6,9,15H,1H2,(H,19,20)(H,21,22)(H2,10,11,12)(H2,16,17,18);/p-4/t4-,6+,9+;/m0./s1. The summed E-state index contributed by atoms with van der Waals surface area (Å²) in [4.78, 5) is 55.1. The molecule has 1 radical (unpaired) electrons. The second kappa shape index (κ2) is 9.27. The number of imidazole rings is 1. The summed E-state index contributed by atoms with van der Waals surface area (Å²) in [5.41, 5.74) is 5.95. The van der Waals surface area contributed by atoms with Gasteiger partial charge in [-0.3, -0.25) is 18.0 Å². The fourth-order valence-electron chi connectivity index (χ4n) is 2.41. The van der Waals surface area contributed by atoms with Crippen LogP contribution in [0.3, 0.4) is 0 Å². The normalized spacial score (nSPS) is 26.1. The molecule has 1 aliphatic rings. The van der Waals surface area contributed by atoms with Gasteiger partial charge in [-0.2, -0.15) is 0 Å². The van der Waals surface area contributed by atoms with Crippen LogP contribution in [0.1, 0.15) is 6.23 Å². The maximum Gasteiger partial charge on any atom is 0.278 e. The van der Waals surface area contributed by atoms with Gasteiger partial charge in [0.15, 0.2) is 17.7 Å². The maximum atomic E-state index is 11.7. The second-order valence-electron chi connectivity index (χ2n) is 5.45. The van der Waals surface area contributed by atoms with E-state index in [9.17, 15) is 38.4 Å². The average Bonchev–Trinajstić information content (AvgIpc) is 3.09. The van der Waals surface area contributed by atoms with Gasteiger partial charge in [0, 0.05) is 29.6 Å². The number of fused-ring (bicyclic) bond motifs is 1. The molecule has 30 heavy (non-hydrogen) atoms. The Morgan fingerprint density at radius 2 is 1.80 bits per heavy atom. The molecule has 2 aromatic rings. The Bertz CT molecular complexity index is 1060. The molecular formula is C9H10N5NaO12P3-4. The van der Waals surface area contributed by atoms with Gasteiger partial charge in [0.1, 0.15) is 24.1 Å². The van der Waals surface area contributed by atoms with Crippen molar-refractivity contribution in [2.45, 2.75) is 18.4 Å². The molecule has 0 spiro atoms. The molecule has 3 N–H and O–H groups in total. The third-order valence-electron chi connectivity index (χ3n) is 3.43. The Morgan fingerprint density at radius 3 is 2.43 bits per heavy atom. The molecule has 2 aromatic heterocycles. The van der Waals surface area contributed by atoms with E-state index in [2.05, 4.69) is 28.1 Å². The minimum atomic E-state index is -6.12. The first kappa shape index (κ1) is 25.9.